The van der Waals surface area contributed by atoms with E-state index in [0.29, 0.717) is 11.3 Å². The molecule has 1 aliphatic carbocycles. The van der Waals surface area contributed by atoms with Crippen LogP contribution in [0.1, 0.15) is 55.2 Å². The maximum Gasteiger partial charge on any atom is 0.252 e. The lowest BCUT2D eigenvalue weighted by atomic mass is 9.95. The molecule has 32 heavy (non-hydrogen) atoms. The number of anilines is 1. The molecule has 3 aromatic rings. The fraction of sp³-hybridized carbons (Fsp3) is 0.417. The smallest absolute Gasteiger partial charge is 0.252 e. The molecule has 0 radical (unpaired) electrons. The van der Waals surface area contributed by atoms with Gasteiger partial charge in [0.2, 0.25) is 5.91 Å². The number of fused-ring (bicyclic) bond motifs is 1. The molecule has 4 rings (SSSR count). The lowest BCUT2D eigenvalue weighted by Crippen LogP contribution is -2.37. The maximum atomic E-state index is 12.6. The summed E-state index contributed by atoms with van der Waals surface area (Å²) in [5.41, 5.74) is 2.48. The minimum Gasteiger partial charge on any atom is -0.349 e. The minimum atomic E-state index is -0.345. The molecule has 1 saturated carbocycles. The Kier molecular flexibility index (Phi) is 6.39. The van der Waals surface area contributed by atoms with Gasteiger partial charge >= 0.3 is 0 Å². The summed E-state index contributed by atoms with van der Waals surface area (Å²) < 4.78 is 3.37. The third kappa shape index (κ3) is 4.74. The fourth-order valence-corrected chi connectivity index (χ4v) is 4.39. The van der Waals surface area contributed by atoms with Gasteiger partial charge in [-0.3, -0.25) is 14.4 Å². The molecule has 0 unspecified atom stereocenters. The van der Waals surface area contributed by atoms with E-state index in [1.807, 2.05) is 25.1 Å². The van der Waals surface area contributed by atoms with Gasteiger partial charge in [0.15, 0.2) is 0 Å². The zero-order chi connectivity index (χ0) is 22.7. The van der Waals surface area contributed by atoms with E-state index < -0.39 is 0 Å². The van der Waals surface area contributed by atoms with Crippen LogP contribution in [0.5, 0.6) is 0 Å². The SMILES string of the molecule is CCn1c(C)nc2cc(NC(=O)Cn3cc(C(=O)NC4CCCCC4)ccc3=O)ccc21. The summed E-state index contributed by atoms with van der Waals surface area (Å²) in [5.74, 6) is 0.363. The molecule has 168 valence electrons. The number of carbonyl (C=O) groups excluding carboxylic acids is 2. The summed E-state index contributed by atoms with van der Waals surface area (Å²) in [6, 6.07) is 8.59. The highest BCUT2D eigenvalue weighted by atomic mass is 16.2. The number of aryl methyl sites for hydroxylation is 2. The zero-order valence-electron chi connectivity index (χ0n) is 18.6. The molecule has 1 aromatic carbocycles. The van der Waals surface area contributed by atoms with Crippen molar-refractivity contribution >= 4 is 28.5 Å². The fourth-order valence-electron chi connectivity index (χ4n) is 4.39. The van der Waals surface area contributed by atoms with E-state index in [1.54, 1.807) is 0 Å². The molecule has 0 atom stereocenters. The highest BCUT2D eigenvalue weighted by Gasteiger charge is 2.17. The molecule has 8 heteroatoms. The monoisotopic (exact) mass is 435 g/mol. The van der Waals surface area contributed by atoms with Crippen LogP contribution in [0.3, 0.4) is 0 Å². The number of rotatable bonds is 6. The van der Waals surface area contributed by atoms with Gasteiger partial charge in [-0.2, -0.15) is 0 Å². The van der Waals surface area contributed by atoms with Gasteiger partial charge in [-0.15, -0.1) is 0 Å². The number of nitrogens with one attached hydrogen (secondary N) is 2. The van der Waals surface area contributed by atoms with Crippen molar-refractivity contribution in [3.05, 3.63) is 58.3 Å². The van der Waals surface area contributed by atoms with Crippen molar-refractivity contribution in [3.63, 3.8) is 0 Å². The maximum absolute atomic E-state index is 12.6. The van der Waals surface area contributed by atoms with E-state index in [4.69, 9.17) is 0 Å². The van der Waals surface area contributed by atoms with Gasteiger partial charge < -0.3 is 19.8 Å². The number of hydrogen-bond acceptors (Lipinski definition) is 4. The van der Waals surface area contributed by atoms with Gasteiger partial charge in [0.25, 0.3) is 11.5 Å². The lowest BCUT2D eigenvalue weighted by molar-refractivity contribution is -0.116. The second-order valence-corrected chi connectivity index (χ2v) is 8.35. The zero-order valence-corrected chi connectivity index (χ0v) is 18.6. The third-order valence-corrected chi connectivity index (χ3v) is 6.04. The number of pyridine rings is 1. The number of nitrogens with zero attached hydrogens (tertiary/aromatic N) is 3. The van der Waals surface area contributed by atoms with Crippen LogP contribution in [0, 0.1) is 6.92 Å². The molecule has 0 saturated heterocycles. The minimum absolute atomic E-state index is 0.176. The summed E-state index contributed by atoms with van der Waals surface area (Å²) >= 11 is 0. The molecule has 0 spiro atoms. The Labute approximate surface area is 186 Å². The Balaban J connectivity index is 1.44. The Morgan fingerprint density at radius 2 is 1.91 bits per heavy atom. The molecule has 0 aliphatic heterocycles. The Morgan fingerprint density at radius 1 is 1.12 bits per heavy atom. The van der Waals surface area contributed by atoms with Crippen molar-refractivity contribution in [1.29, 1.82) is 0 Å². The molecule has 1 aliphatic rings. The molecule has 0 bridgehead atoms. The molecule has 2 aromatic heterocycles. The van der Waals surface area contributed by atoms with Crippen LogP contribution in [0.25, 0.3) is 11.0 Å². The van der Waals surface area contributed by atoms with Crippen molar-refractivity contribution in [2.24, 2.45) is 0 Å². The van der Waals surface area contributed by atoms with E-state index in [9.17, 15) is 14.4 Å². The second kappa shape index (κ2) is 9.38. The summed E-state index contributed by atoms with van der Waals surface area (Å²) in [6.45, 7) is 4.65. The van der Waals surface area contributed by atoms with Crippen LogP contribution in [0.2, 0.25) is 0 Å². The quantitative estimate of drug-likeness (QED) is 0.621. The number of aromatic nitrogens is 3. The number of benzene rings is 1. The number of amides is 2. The standard InChI is InChI=1S/C24H29N5O3/c1-3-29-16(2)25-20-13-19(10-11-21(20)29)26-22(30)15-28-14-17(9-12-23(28)31)24(32)27-18-7-5-4-6-8-18/h9-14,18H,3-8,15H2,1-2H3,(H,26,30)(H,27,32). The number of imidazole rings is 1. The van der Waals surface area contributed by atoms with E-state index in [2.05, 4.69) is 27.1 Å². The molecule has 2 N–H and O–H groups in total. The molecule has 1 fully saturated rings. The van der Waals surface area contributed by atoms with Gasteiger partial charge in [0, 0.05) is 30.5 Å². The summed E-state index contributed by atoms with van der Waals surface area (Å²) in [6.07, 6.45) is 6.86. The van der Waals surface area contributed by atoms with E-state index in [0.717, 1.165) is 49.1 Å². The molecular weight excluding hydrogens is 406 g/mol. The topological polar surface area (TPSA) is 98.0 Å². The van der Waals surface area contributed by atoms with Gasteiger partial charge in [-0.05, 0) is 51.0 Å². The van der Waals surface area contributed by atoms with Gasteiger partial charge in [0.1, 0.15) is 12.4 Å². The first-order valence-electron chi connectivity index (χ1n) is 11.2. The van der Waals surface area contributed by atoms with Crippen molar-refractivity contribution in [3.8, 4) is 0 Å². The number of hydrogen-bond donors (Lipinski definition) is 2. The van der Waals surface area contributed by atoms with Crippen molar-refractivity contribution in [2.45, 2.75) is 65.1 Å². The number of carbonyl (C=O) groups is 2. The van der Waals surface area contributed by atoms with Gasteiger partial charge in [-0.1, -0.05) is 19.3 Å². The van der Waals surface area contributed by atoms with Crippen LogP contribution >= 0.6 is 0 Å². The lowest BCUT2D eigenvalue weighted by Gasteiger charge is -2.22. The van der Waals surface area contributed by atoms with E-state index in [1.165, 1.54) is 29.3 Å². The third-order valence-electron chi connectivity index (χ3n) is 6.04. The predicted molar refractivity (Wildman–Crippen MR) is 124 cm³/mol. The molecule has 2 amide bonds. The Hall–Kier alpha value is -3.42. The highest BCUT2D eigenvalue weighted by molar-refractivity contribution is 5.95. The van der Waals surface area contributed by atoms with Crippen molar-refractivity contribution in [1.82, 2.24) is 19.4 Å². The first-order chi connectivity index (χ1) is 15.4. The molecular formula is C24H29N5O3. The average Bonchev–Trinajstić information content (AvgIpc) is 3.09. The Bertz CT molecular complexity index is 1200. The highest BCUT2D eigenvalue weighted by Crippen LogP contribution is 2.20. The molecule has 2 heterocycles. The van der Waals surface area contributed by atoms with Crippen molar-refractivity contribution in [2.75, 3.05) is 5.32 Å². The van der Waals surface area contributed by atoms with Crippen LogP contribution in [0.4, 0.5) is 5.69 Å². The van der Waals surface area contributed by atoms with Gasteiger partial charge in [-0.25, -0.2) is 4.98 Å². The largest absolute Gasteiger partial charge is 0.349 e. The van der Waals surface area contributed by atoms with Crippen LogP contribution in [-0.4, -0.2) is 32.0 Å². The van der Waals surface area contributed by atoms with Crippen LogP contribution in [-0.2, 0) is 17.9 Å². The summed E-state index contributed by atoms with van der Waals surface area (Å²) in [4.78, 5) is 42.0. The van der Waals surface area contributed by atoms with E-state index >= 15 is 0 Å². The average molecular weight is 436 g/mol. The first-order valence-corrected chi connectivity index (χ1v) is 11.2. The first kappa shape index (κ1) is 21.8. The predicted octanol–water partition coefficient (Wildman–Crippen LogP) is 3.23. The van der Waals surface area contributed by atoms with Crippen LogP contribution in [0.15, 0.2) is 41.3 Å². The molecule has 8 nitrogen and oxygen atoms in total. The summed E-state index contributed by atoms with van der Waals surface area (Å²) in [7, 11) is 0. The van der Waals surface area contributed by atoms with E-state index in [-0.39, 0.29) is 30.0 Å². The normalized spacial score (nSPS) is 14.4. The summed E-state index contributed by atoms with van der Waals surface area (Å²) in [5, 5.41) is 5.86. The Morgan fingerprint density at radius 3 is 2.66 bits per heavy atom. The van der Waals surface area contributed by atoms with Crippen molar-refractivity contribution < 1.29 is 9.59 Å². The van der Waals surface area contributed by atoms with Gasteiger partial charge in [0.05, 0.1) is 16.6 Å². The second-order valence-electron chi connectivity index (χ2n) is 8.35. The van der Waals surface area contributed by atoms with Crippen LogP contribution < -0.4 is 16.2 Å².